The van der Waals surface area contributed by atoms with Crippen LogP contribution in [0, 0.1) is 0 Å². The molecule has 106 valence electrons. The number of rotatable bonds is 6. The summed E-state index contributed by atoms with van der Waals surface area (Å²) in [7, 11) is 0. The number of thiazole rings is 1. The molecular weight excluding hydrogens is 314 g/mol. The summed E-state index contributed by atoms with van der Waals surface area (Å²) < 4.78 is 5.88. The normalized spacial score (nSPS) is 10.5. The fourth-order valence-electron chi connectivity index (χ4n) is 1.46. The van der Waals surface area contributed by atoms with Crippen molar-refractivity contribution in [2.75, 3.05) is 12.4 Å². The second-order valence-electron chi connectivity index (χ2n) is 4.01. The van der Waals surface area contributed by atoms with Crippen LogP contribution in [0.5, 0.6) is 0 Å². The highest BCUT2D eigenvalue weighted by molar-refractivity contribution is 8.01. The number of aromatic nitrogens is 1. The first kappa shape index (κ1) is 15.4. The highest BCUT2D eigenvalue weighted by atomic mass is 35.5. The summed E-state index contributed by atoms with van der Waals surface area (Å²) in [6.07, 6.45) is 0.842. The van der Waals surface area contributed by atoms with Gasteiger partial charge in [0.1, 0.15) is 0 Å². The molecule has 1 aromatic carbocycles. The van der Waals surface area contributed by atoms with Crippen LogP contribution in [0.2, 0.25) is 5.02 Å². The Kier molecular flexibility index (Phi) is 5.88. The molecule has 0 bridgehead atoms. The van der Waals surface area contributed by atoms with E-state index in [1.165, 1.54) is 23.1 Å². The van der Waals surface area contributed by atoms with Crippen LogP contribution in [0.25, 0.3) is 11.3 Å². The maximum absolute atomic E-state index is 11.4. The molecule has 0 spiro atoms. The highest BCUT2D eigenvalue weighted by Gasteiger charge is 2.08. The Morgan fingerprint density at radius 3 is 2.85 bits per heavy atom. The van der Waals surface area contributed by atoms with Crippen LogP contribution in [0.3, 0.4) is 0 Å². The Morgan fingerprint density at radius 1 is 1.40 bits per heavy atom. The van der Waals surface area contributed by atoms with E-state index in [9.17, 15) is 4.79 Å². The van der Waals surface area contributed by atoms with Gasteiger partial charge in [0.15, 0.2) is 4.34 Å². The third-order valence-corrected chi connectivity index (χ3v) is 4.65. The lowest BCUT2D eigenvalue weighted by atomic mass is 10.2. The average Bonchev–Trinajstić information content (AvgIpc) is 2.92. The highest BCUT2D eigenvalue weighted by Crippen LogP contribution is 2.28. The summed E-state index contributed by atoms with van der Waals surface area (Å²) in [6, 6.07) is 7.54. The van der Waals surface area contributed by atoms with Crippen LogP contribution in [-0.2, 0) is 9.53 Å². The molecule has 1 heterocycles. The van der Waals surface area contributed by atoms with Crippen LogP contribution in [0.4, 0.5) is 0 Å². The number of hydrogen-bond donors (Lipinski definition) is 0. The number of carbonyl (C=O) groups excluding carboxylic acids is 1. The van der Waals surface area contributed by atoms with Crippen LogP contribution in [0.15, 0.2) is 34.0 Å². The van der Waals surface area contributed by atoms with Gasteiger partial charge >= 0.3 is 5.97 Å². The topological polar surface area (TPSA) is 39.2 Å². The molecule has 0 atom stereocenters. The van der Waals surface area contributed by atoms with E-state index in [0.717, 1.165) is 22.0 Å². The minimum atomic E-state index is -0.194. The second kappa shape index (κ2) is 7.67. The van der Waals surface area contributed by atoms with E-state index in [2.05, 4.69) is 4.98 Å². The first-order chi connectivity index (χ1) is 9.69. The Hall–Kier alpha value is -1.04. The maximum atomic E-state index is 11.4. The van der Waals surface area contributed by atoms with Crippen LogP contribution in [0.1, 0.15) is 13.3 Å². The number of benzene rings is 1. The Labute approximate surface area is 131 Å². The van der Waals surface area contributed by atoms with Crippen molar-refractivity contribution in [3.8, 4) is 11.3 Å². The lowest BCUT2D eigenvalue weighted by Gasteiger charge is -2.00. The zero-order chi connectivity index (χ0) is 14.4. The summed E-state index contributed by atoms with van der Waals surface area (Å²) in [5, 5.41) is 2.68. The van der Waals surface area contributed by atoms with Crippen molar-refractivity contribution in [2.45, 2.75) is 17.7 Å². The largest absolute Gasteiger partial charge is 0.465 e. The first-order valence-electron chi connectivity index (χ1n) is 6.19. The molecule has 0 amide bonds. The lowest BCUT2D eigenvalue weighted by Crippen LogP contribution is -2.07. The van der Waals surface area contributed by atoms with Crippen molar-refractivity contribution in [2.24, 2.45) is 0 Å². The monoisotopic (exact) mass is 327 g/mol. The van der Waals surface area contributed by atoms with Gasteiger partial charge in [0, 0.05) is 16.0 Å². The van der Waals surface area contributed by atoms with Gasteiger partial charge in [-0.15, -0.1) is 11.3 Å². The van der Waals surface area contributed by atoms with E-state index < -0.39 is 0 Å². The molecule has 0 saturated heterocycles. The third kappa shape index (κ3) is 4.51. The number of carbonyl (C=O) groups is 1. The SMILES string of the molecule is CCCOC(=O)CSc1nc(-c2ccc(Cl)cc2)cs1. The van der Waals surface area contributed by atoms with E-state index >= 15 is 0 Å². The molecule has 0 unspecified atom stereocenters. The third-order valence-electron chi connectivity index (χ3n) is 2.40. The zero-order valence-electron chi connectivity index (χ0n) is 11.0. The quantitative estimate of drug-likeness (QED) is 0.578. The van der Waals surface area contributed by atoms with E-state index in [4.69, 9.17) is 16.3 Å². The molecule has 0 fully saturated rings. The standard InChI is InChI=1S/C14H14ClNO2S2/c1-2-7-18-13(17)9-20-14-16-12(8-19-14)10-3-5-11(15)6-4-10/h3-6,8H,2,7,9H2,1H3. The van der Waals surface area contributed by atoms with Gasteiger partial charge in [-0.05, 0) is 18.6 Å². The Bertz CT molecular complexity index is 569. The molecule has 0 aliphatic carbocycles. The van der Waals surface area contributed by atoms with Crippen LogP contribution < -0.4 is 0 Å². The number of nitrogens with zero attached hydrogens (tertiary/aromatic N) is 1. The van der Waals surface area contributed by atoms with Crippen molar-refractivity contribution in [1.82, 2.24) is 4.98 Å². The summed E-state index contributed by atoms with van der Waals surface area (Å²) >= 11 is 8.79. The molecule has 3 nitrogen and oxygen atoms in total. The minimum absolute atomic E-state index is 0.194. The molecule has 0 aliphatic heterocycles. The predicted molar refractivity (Wildman–Crippen MR) is 84.5 cm³/mol. The minimum Gasteiger partial charge on any atom is -0.465 e. The predicted octanol–water partition coefficient (Wildman–Crippen LogP) is 4.51. The van der Waals surface area contributed by atoms with Gasteiger partial charge in [0.05, 0.1) is 18.1 Å². The number of ether oxygens (including phenoxy) is 1. The number of thioether (sulfide) groups is 1. The van der Waals surface area contributed by atoms with Gasteiger partial charge in [-0.3, -0.25) is 4.79 Å². The van der Waals surface area contributed by atoms with E-state index in [1.54, 1.807) is 0 Å². The van der Waals surface area contributed by atoms with Crippen molar-refractivity contribution in [3.63, 3.8) is 0 Å². The smallest absolute Gasteiger partial charge is 0.316 e. The molecule has 0 radical (unpaired) electrons. The van der Waals surface area contributed by atoms with E-state index in [1.807, 2.05) is 36.6 Å². The summed E-state index contributed by atoms with van der Waals surface area (Å²) in [5.74, 6) is 0.105. The van der Waals surface area contributed by atoms with Gasteiger partial charge in [-0.1, -0.05) is 42.4 Å². The maximum Gasteiger partial charge on any atom is 0.316 e. The first-order valence-corrected chi connectivity index (χ1v) is 8.43. The number of halogens is 1. The summed E-state index contributed by atoms with van der Waals surface area (Å²) in [4.78, 5) is 15.9. The molecule has 20 heavy (non-hydrogen) atoms. The van der Waals surface area contributed by atoms with Crippen molar-refractivity contribution in [1.29, 1.82) is 0 Å². The molecule has 6 heteroatoms. The van der Waals surface area contributed by atoms with Crippen molar-refractivity contribution in [3.05, 3.63) is 34.7 Å². The fourth-order valence-corrected chi connectivity index (χ4v) is 3.21. The van der Waals surface area contributed by atoms with Gasteiger partial charge in [0.2, 0.25) is 0 Å². The van der Waals surface area contributed by atoms with E-state index in [0.29, 0.717) is 17.4 Å². The molecule has 0 N–H and O–H groups in total. The van der Waals surface area contributed by atoms with E-state index in [-0.39, 0.29) is 5.97 Å². The van der Waals surface area contributed by atoms with Crippen LogP contribution in [-0.4, -0.2) is 23.3 Å². The van der Waals surface area contributed by atoms with Gasteiger partial charge in [0.25, 0.3) is 0 Å². The molecular formula is C14H14ClNO2S2. The van der Waals surface area contributed by atoms with Gasteiger partial charge in [-0.25, -0.2) is 4.98 Å². The molecule has 0 aliphatic rings. The van der Waals surface area contributed by atoms with Gasteiger partial charge < -0.3 is 4.74 Å². The molecule has 1 aromatic heterocycles. The van der Waals surface area contributed by atoms with Gasteiger partial charge in [-0.2, -0.15) is 0 Å². The van der Waals surface area contributed by atoms with Crippen LogP contribution >= 0.6 is 34.7 Å². The molecule has 2 aromatic rings. The molecule has 0 saturated carbocycles. The Balaban J connectivity index is 1.92. The lowest BCUT2D eigenvalue weighted by molar-refractivity contribution is -0.140. The molecule has 2 rings (SSSR count). The average molecular weight is 328 g/mol. The summed E-state index contributed by atoms with van der Waals surface area (Å²) in [6.45, 7) is 2.45. The Morgan fingerprint density at radius 2 is 2.15 bits per heavy atom. The number of hydrogen-bond acceptors (Lipinski definition) is 5. The van der Waals surface area contributed by atoms with Crippen molar-refractivity contribution >= 4 is 40.7 Å². The van der Waals surface area contributed by atoms with Crippen molar-refractivity contribution < 1.29 is 9.53 Å². The summed E-state index contributed by atoms with van der Waals surface area (Å²) in [5.41, 5.74) is 1.92. The number of esters is 1. The zero-order valence-corrected chi connectivity index (χ0v) is 13.4. The second-order valence-corrected chi connectivity index (χ2v) is 6.53. The fraction of sp³-hybridized carbons (Fsp3) is 0.286.